The molecule has 0 radical (unpaired) electrons. The molecule has 0 fully saturated rings. The predicted octanol–water partition coefficient (Wildman–Crippen LogP) is 1.40. The Balaban J connectivity index is 4.07. The van der Waals surface area contributed by atoms with Crippen LogP contribution in [0.25, 0.3) is 0 Å². The molecule has 5 nitrogen and oxygen atoms in total. The Morgan fingerprint density at radius 3 is 2.47 bits per heavy atom. The maximum Gasteiger partial charge on any atom is 0.407 e. The molecule has 17 heavy (non-hydrogen) atoms. The van der Waals surface area contributed by atoms with Gasteiger partial charge >= 0.3 is 6.09 Å². The Morgan fingerprint density at radius 2 is 2.00 bits per heavy atom. The number of carbonyl (C=O) groups is 2. The van der Waals surface area contributed by atoms with Gasteiger partial charge in [0.15, 0.2) is 5.12 Å². The maximum absolute atomic E-state index is 11.7. The van der Waals surface area contributed by atoms with Gasteiger partial charge in [-0.3, -0.25) is 4.79 Å². The van der Waals surface area contributed by atoms with E-state index in [-0.39, 0.29) is 24.4 Å². The summed E-state index contributed by atoms with van der Waals surface area (Å²) in [4.78, 5) is 23.0. The first-order chi connectivity index (χ1) is 7.79. The van der Waals surface area contributed by atoms with Gasteiger partial charge in [0.2, 0.25) is 0 Å². The van der Waals surface area contributed by atoms with E-state index in [4.69, 9.17) is 9.84 Å². The number of hydrogen-bond donors (Lipinski definition) is 2. The van der Waals surface area contributed by atoms with Crippen molar-refractivity contribution >= 4 is 23.0 Å². The lowest BCUT2D eigenvalue weighted by Gasteiger charge is -2.22. The zero-order chi connectivity index (χ0) is 13.5. The van der Waals surface area contributed by atoms with Crippen LogP contribution in [0, 0.1) is 5.41 Å². The lowest BCUT2D eigenvalue weighted by molar-refractivity contribution is -0.117. The van der Waals surface area contributed by atoms with Crippen LogP contribution in [0.3, 0.4) is 0 Å². The van der Waals surface area contributed by atoms with Gasteiger partial charge in [0.25, 0.3) is 0 Å². The Morgan fingerprint density at radius 1 is 1.41 bits per heavy atom. The summed E-state index contributed by atoms with van der Waals surface area (Å²) >= 11 is 1.07. The summed E-state index contributed by atoms with van der Waals surface area (Å²) in [6.07, 6.45) is -0.703. The van der Waals surface area contributed by atoms with E-state index in [9.17, 15) is 9.59 Å². The van der Waals surface area contributed by atoms with Crippen LogP contribution in [-0.2, 0) is 9.53 Å². The third-order valence-electron chi connectivity index (χ3n) is 1.89. The van der Waals surface area contributed by atoms with Crippen molar-refractivity contribution in [3.63, 3.8) is 0 Å². The van der Waals surface area contributed by atoms with Gasteiger partial charge in [-0.05, 0) is 13.8 Å². The quantitative estimate of drug-likeness (QED) is 0.757. The number of alkyl carbamates (subject to hydrolysis) is 1. The fraction of sp³-hybridized carbons (Fsp3) is 0.818. The van der Waals surface area contributed by atoms with Crippen molar-refractivity contribution in [2.75, 3.05) is 18.9 Å². The zero-order valence-corrected chi connectivity index (χ0v) is 11.6. The molecule has 0 aromatic heterocycles. The van der Waals surface area contributed by atoms with Crippen molar-refractivity contribution in [1.29, 1.82) is 0 Å². The van der Waals surface area contributed by atoms with Gasteiger partial charge in [-0.25, -0.2) is 4.79 Å². The molecular formula is C11H21NO4S. The van der Waals surface area contributed by atoms with Crippen molar-refractivity contribution in [2.45, 2.75) is 33.8 Å². The van der Waals surface area contributed by atoms with Crippen molar-refractivity contribution in [2.24, 2.45) is 5.41 Å². The van der Waals surface area contributed by atoms with Crippen molar-refractivity contribution in [3.8, 4) is 0 Å². The third kappa shape index (κ3) is 7.23. The Labute approximate surface area is 106 Å². The molecule has 0 heterocycles. The normalized spacial score (nSPS) is 11.4. The van der Waals surface area contributed by atoms with Crippen LogP contribution in [0.2, 0.25) is 0 Å². The zero-order valence-electron chi connectivity index (χ0n) is 10.8. The molecule has 0 spiro atoms. The molecule has 6 heteroatoms. The molecule has 0 aliphatic carbocycles. The number of ether oxygens (including phenoxy) is 1. The highest BCUT2D eigenvalue weighted by atomic mass is 32.2. The molecule has 0 aliphatic rings. The molecule has 0 atom stereocenters. The minimum Gasteiger partial charge on any atom is -0.447 e. The SMILES string of the molecule is CC(C)OC(=O)NCC(C)(C)C(=O)SCCO. The summed E-state index contributed by atoms with van der Waals surface area (Å²) in [6.45, 7) is 7.19. The van der Waals surface area contributed by atoms with Crippen LogP contribution in [0.1, 0.15) is 27.7 Å². The summed E-state index contributed by atoms with van der Waals surface area (Å²) < 4.78 is 4.90. The van der Waals surface area contributed by atoms with Crippen LogP contribution >= 0.6 is 11.8 Å². The van der Waals surface area contributed by atoms with E-state index in [0.717, 1.165) is 11.8 Å². The number of aliphatic hydroxyl groups is 1. The van der Waals surface area contributed by atoms with Gasteiger partial charge in [0, 0.05) is 12.3 Å². The second kappa shape index (κ2) is 7.55. The molecule has 1 amide bonds. The summed E-state index contributed by atoms with van der Waals surface area (Å²) in [5.74, 6) is 0.374. The Kier molecular flexibility index (Phi) is 7.22. The monoisotopic (exact) mass is 263 g/mol. The highest BCUT2D eigenvalue weighted by Gasteiger charge is 2.28. The van der Waals surface area contributed by atoms with Gasteiger partial charge in [0.05, 0.1) is 18.1 Å². The second-order valence-electron chi connectivity index (χ2n) is 4.55. The van der Waals surface area contributed by atoms with E-state index in [1.165, 1.54) is 0 Å². The second-order valence-corrected chi connectivity index (χ2v) is 5.62. The lowest BCUT2D eigenvalue weighted by Crippen LogP contribution is -2.39. The average Bonchev–Trinajstić information content (AvgIpc) is 2.22. The largest absolute Gasteiger partial charge is 0.447 e. The van der Waals surface area contributed by atoms with Gasteiger partial charge in [-0.2, -0.15) is 0 Å². The minimum absolute atomic E-state index is 0.0324. The number of thioether (sulfide) groups is 1. The van der Waals surface area contributed by atoms with Crippen LogP contribution in [0.4, 0.5) is 4.79 Å². The highest BCUT2D eigenvalue weighted by molar-refractivity contribution is 8.13. The fourth-order valence-corrected chi connectivity index (χ4v) is 1.69. The topological polar surface area (TPSA) is 75.6 Å². The molecule has 0 saturated heterocycles. The van der Waals surface area contributed by atoms with Crippen LogP contribution in [0.15, 0.2) is 0 Å². The van der Waals surface area contributed by atoms with Gasteiger partial charge in [-0.15, -0.1) is 0 Å². The first-order valence-corrected chi connectivity index (χ1v) is 6.50. The standard InChI is InChI=1S/C11H21NO4S/c1-8(2)16-10(15)12-7-11(3,4)9(14)17-6-5-13/h8,13H,5-7H2,1-4H3,(H,12,15). The van der Waals surface area contributed by atoms with Crippen LogP contribution in [0.5, 0.6) is 0 Å². The number of carbonyl (C=O) groups excluding carboxylic acids is 2. The minimum atomic E-state index is -0.671. The number of amides is 1. The van der Waals surface area contributed by atoms with Crippen molar-refractivity contribution < 1.29 is 19.4 Å². The van der Waals surface area contributed by atoms with Crippen LogP contribution in [-0.4, -0.2) is 41.3 Å². The molecule has 0 aromatic rings. The molecule has 0 unspecified atom stereocenters. The summed E-state index contributed by atoms with van der Waals surface area (Å²) in [5.41, 5.74) is -0.671. The number of aliphatic hydroxyl groups excluding tert-OH is 1. The highest BCUT2D eigenvalue weighted by Crippen LogP contribution is 2.22. The molecule has 0 saturated carbocycles. The van der Waals surface area contributed by atoms with Gasteiger partial charge < -0.3 is 15.2 Å². The molecule has 0 aromatic carbocycles. The smallest absolute Gasteiger partial charge is 0.407 e. The van der Waals surface area contributed by atoms with E-state index in [1.54, 1.807) is 27.7 Å². The number of rotatable bonds is 6. The molecular weight excluding hydrogens is 242 g/mol. The van der Waals surface area contributed by atoms with E-state index in [1.807, 2.05) is 0 Å². The Bertz CT molecular complexity index is 266. The molecule has 100 valence electrons. The summed E-state index contributed by atoms with van der Waals surface area (Å²) in [6, 6.07) is 0. The van der Waals surface area contributed by atoms with Gasteiger partial charge in [0.1, 0.15) is 0 Å². The third-order valence-corrected chi connectivity index (χ3v) is 3.10. The predicted molar refractivity (Wildman–Crippen MR) is 68.0 cm³/mol. The Hall–Kier alpha value is -0.750. The summed E-state index contributed by atoms with van der Waals surface area (Å²) in [7, 11) is 0. The average molecular weight is 263 g/mol. The molecule has 0 aliphatic heterocycles. The fourth-order valence-electron chi connectivity index (χ4n) is 0.955. The number of hydrogen-bond acceptors (Lipinski definition) is 5. The van der Waals surface area contributed by atoms with Gasteiger partial charge in [-0.1, -0.05) is 25.6 Å². The van der Waals surface area contributed by atoms with Crippen molar-refractivity contribution in [3.05, 3.63) is 0 Å². The molecule has 2 N–H and O–H groups in total. The van der Waals surface area contributed by atoms with Crippen LogP contribution < -0.4 is 5.32 Å². The van der Waals surface area contributed by atoms with E-state index >= 15 is 0 Å². The van der Waals surface area contributed by atoms with E-state index < -0.39 is 11.5 Å². The maximum atomic E-state index is 11.7. The summed E-state index contributed by atoms with van der Waals surface area (Å²) in [5, 5.41) is 11.1. The van der Waals surface area contributed by atoms with E-state index in [0.29, 0.717) is 5.75 Å². The molecule has 0 bridgehead atoms. The number of nitrogens with one attached hydrogen (secondary N) is 1. The lowest BCUT2D eigenvalue weighted by atomic mass is 9.96. The molecule has 0 rings (SSSR count). The van der Waals surface area contributed by atoms with E-state index in [2.05, 4.69) is 5.32 Å². The first kappa shape index (κ1) is 16.2. The van der Waals surface area contributed by atoms with Crippen molar-refractivity contribution in [1.82, 2.24) is 5.32 Å². The first-order valence-electron chi connectivity index (χ1n) is 5.52.